The molecule has 0 saturated heterocycles. The lowest BCUT2D eigenvalue weighted by Gasteiger charge is -2.08. The Morgan fingerprint density at radius 1 is 1.22 bits per heavy atom. The van der Waals surface area contributed by atoms with Crippen LogP contribution in [0.4, 0.5) is 0 Å². The highest BCUT2D eigenvalue weighted by Crippen LogP contribution is 2.23. The van der Waals surface area contributed by atoms with Gasteiger partial charge in [0.2, 0.25) is 0 Å². The summed E-state index contributed by atoms with van der Waals surface area (Å²) in [6.07, 6.45) is 0. The van der Waals surface area contributed by atoms with E-state index < -0.39 is 5.97 Å². The van der Waals surface area contributed by atoms with Crippen molar-refractivity contribution in [2.75, 3.05) is 26.4 Å². The van der Waals surface area contributed by atoms with Crippen LogP contribution in [-0.2, 0) is 14.3 Å². The van der Waals surface area contributed by atoms with Gasteiger partial charge in [0.1, 0.15) is 12.4 Å². The molecule has 0 aliphatic carbocycles. The van der Waals surface area contributed by atoms with Crippen LogP contribution < -0.4 is 0 Å². The molecule has 18 heavy (non-hydrogen) atoms. The molecule has 0 bridgehead atoms. The Labute approximate surface area is 105 Å². The first-order valence-corrected chi connectivity index (χ1v) is 5.50. The third-order valence-electron chi connectivity index (χ3n) is 2.17. The average molecular weight is 252 g/mol. The molecule has 5 heteroatoms. The van der Waals surface area contributed by atoms with E-state index in [0.717, 1.165) is 0 Å². The number of hydrogen-bond acceptors (Lipinski definition) is 5. The van der Waals surface area contributed by atoms with E-state index in [2.05, 4.69) is 6.58 Å². The van der Waals surface area contributed by atoms with Crippen molar-refractivity contribution in [1.82, 2.24) is 0 Å². The molecule has 0 heterocycles. The number of ether oxygens (including phenoxy) is 2. The van der Waals surface area contributed by atoms with Crippen LogP contribution in [0.1, 0.15) is 5.56 Å². The topological polar surface area (TPSA) is 76.0 Å². The van der Waals surface area contributed by atoms with Crippen LogP contribution in [0.15, 0.2) is 30.8 Å². The lowest BCUT2D eigenvalue weighted by Crippen LogP contribution is -2.12. The Bertz CT molecular complexity index is 414. The third-order valence-corrected chi connectivity index (χ3v) is 2.17. The molecular weight excluding hydrogens is 236 g/mol. The SMILES string of the molecule is C=C(C(=O)OCCOCCO)c1ccccc1O. The lowest BCUT2D eigenvalue weighted by atomic mass is 10.1. The fraction of sp³-hybridized carbons (Fsp3) is 0.308. The molecular formula is C13H16O5. The molecule has 0 unspecified atom stereocenters. The molecule has 5 nitrogen and oxygen atoms in total. The summed E-state index contributed by atoms with van der Waals surface area (Å²) >= 11 is 0. The number of aliphatic hydroxyl groups is 1. The zero-order valence-corrected chi connectivity index (χ0v) is 9.96. The second-order valence-electron chi connectivity index (χ2n) is 3.47. The van der Waals surface area contributed by atoms with Crippen molar-refractivity contribution >= 4 is 11.5 Å². The predicted molar refractivity (Wildman–Crippen MR) is 66.0 cm³/mol. The summed E-state index contributed by atoms with van der Waals surface area (Å²) in [4.78, 5) is 11.6. The van der Waals surface area contributed by atoms with E-state index >= 15 is 0 Å². The minimum atomic E-state index is -0.607. The summed E-state index contributed by atoms with van der Waals surface area (Å²) in [5, 5.41) is 18.0. The van der Waals surface area contributed by atoms with Gasteiger partial charge in [-0.2, -0.15) is 0 Å². The quantitative estimate of drug-likeness (QED) is 0.429. The van der Waals surface area contributed by atoms with Crippen molar-refractivity contribution in [2.24, 2.45) is 0 Å². The van der Waals surface area contributed by atoms with Crippen LogP contribution in [0.2, 0.25) is 0 Å². The number of hydrogen-bond donors (Lipinski definition) is 2. The van der Waals surface area contributed by atoms with Gasteiger partial charge >= 0.3 is 5.97 Å². The summed E-state index contributed by atoms with van der Waals surface area (Å²) in [7, 11) is 0. The van der Waals surface area contributed by atoms with Crippen LogP contribution in [0, 0.1) is 0 Å². The van der Waals surface area contributed by atoms with Crippen molar-refractivity contribution in [1.29, 1.82) is 0 Å². The van der Waals surface area contributed by atoms with Crippen LogP contribution in [0.5, 0.6) is 5.75 Å². The monoisotopic (exact) mass is 252 g/mol. The second-order valence-corrected chi connectivity index (χ2v) is 3.47. The molecule has 1 aromatic carbocycles. The normalized spacial score (nSPS) is 10.1. The van der Waals surface area contributed by atoms with Gasteiger partial charge in [0, 0.05) is 5.56 Å². The van der Waals surface area contributed by atoms with Crippen LogP contribution in [0.25, 0.3) is 5.57 Å². The fourth-order valence-electron chi connectivity index (χ4n) is 1.29. The minimum Gasteiger partial charge on any atom is -0.507 e. The van der Waals surface area contributed by atoms with E-state index in [1.165, 1.54) is 6.07 Å². The maximum atomic E-state index is 11.6. The molecule has 0 radical (unpaired) electrons. The van der Waals surface area contributed by atoms with E-state index in [1.807, 2.05) is 0 Å². The molecule has 0 saturated carbocycles. The highest BCUT2D eigenvalue weighted by molar-refractivity contribution is 6.16. The van der Waals surface area contributed by atoms with Gasteiger partial charge in [0.15, 0.2) is 0 Å². The molecule has 0 amide bonds. The smallest absolute Gasteiger partial charge is 0.338 e. The average Bonchev–Trinajstić information content (AvgIpc) is 2.38. The number of phenols is 1. The van der Waals surface area contributed by atoms with Crippen molar-refractivity contribution in [3.8, 4) is 5.75 Å². The maximum Gasteiger partial charge on any atom is 0.338 e. The number of carbonyl (C=O) groups excluding carboxylic acids is 1. The molecule has 2 N–H and O–H groups in total. The fourth-order valence-corrected chi connectivity index (χ4v) is 1.29. The molecule has 0 atom stereocenters. The van der Waals surface area contributed by atoms with Gasteiger partial charge in [-0.1, -0.05) is 24.8 Å². The Kier molecular flexibility index (Phi) is 5.90. The third kappa shape index (κ3) is 4.20. The van der Waals surface area contributed by atoms with Gasteiger partial charge in [0.05, 0.1) is 25.4 Å². The van der Waals surface area contributed by atoms with Gasteiger partial charge in [-0.15, -0.1) is 0 Å². The summed E-state index contributed by atoms with van der Waals surface area (Å²) in [5.74, 6) is -0.625. The number of phenolic OH excluding ortho intramolecular Hbond substituents is 1. The first-order chi connectivity index (χ1) is 8.66. The van der Waals surface area contributed by atoms with Crippen molar-refractivity contribution in [3.63, 3.8) is 0 Å². The zero-order valence-electron chi connectivity index (χ0n) is 9.96. The first kappa shape index (κ1) is 14.2. The highest BCUT2D eigenvalue weighted by atomic mass is 16.6. The standard InChI is InChI=1S/C13H16O5/c1-10(11-4-2-3-5-12(11)15)13(16)18-9-8-17-7-6-14/h2-5,14-15H,1,6-9H2. The molecule has 98 valence electrons. The van der Waals surface area contributed by atoms with E-state index in [-0.39, 0.29) is 37.8 Å². The summed E-state index contributed by atoms with van der Waals surface area (Å²) in [6.45, 7) is 4.00. The van der Waals surface area contributed by atoms with Crippen molar-refractivity contribution in [2.45, 2.75) is 0 Å². The number of esters is 1. The maximum absolute atomic E-state index is 11.6. The minimum absolute atomic E-state index is 0.0176. The first-order valence-electron chi connectivity index (χ1n) is 5.50. The molecule has 1 rings (SSSR count). The lowest BCUT2D eigenvalue weighted by molar-refractivity contribution is -0.138. The molecule has 0 aliphatic rings. The molecule has 0 fully saturated rings. The number of rotatable bonds is 7. The van der Waals surface area contributed by atoms with Gasteiger partial charge in [-0.25, -0.2) is 4.79 Å². The molecule has 0 spiro atoms. The number of para-hydroxylation sites is 1. The molecule has 0 aromatic heterocycles. The van der Waals surface area contributed by atoms with Crippen LogP contribution in [-0.4, -0.2) is 42.6 Å². The van der Waals surface area contributed by atoms with Crippen LogP contribution >= 0.6 is 0 Å². The largest absolute Gasteiger partial charge is 0.507 e. The number of carbonyl (C=O) groups is 1. The predicted octanol–water partition coefficient (Wildman–Crippen LogP) is 0.958. The van der Waals surface area contributed by atoms with Crippen molar-refractivity contribution in [3.05, 3.63) is 36.4 Å². The van der Waals surface area contributed by atoms with Crippen molar-refractivity contribution < 1.29 is 24.5 Å². The van der Waals surface area contributed by atoms with E-state index in [9.17, 15) is 9.90 Å². The zero-order chi connectivity index (χ0) is 13.4. The Morgan fingerprint density at radius 3 is 2.61 bits per heavy atom. The number of aromatic hydroxyl groups is 1. The highest BCUT2D eigenvalue weighted by Gasteiger charge is 2.13. The van der Waals surface area contributed by atoms with Gasteiger partial charge < -0.3 is 19.7 Å². The Balaban J connectivity index is 2.43. The molecule has 1 aromatic rings. The second kappa shape index (κ2) is 7.47. The summed E-state index contributed by atoms with van der Waals surface area (Å²) in [5.41, 5.74) is 0.439. The van der Waals surface area contributed by atoms with E-state index in [1.54, 1.807) is 18.2 Å². The number of aliphatic hydroxyl groups excluding tert-OH is 1. The Morgan fingerprint density at radius 2 is 1.94 bits per heavy atom. The van der Waals surface area contributed by atoms with E-state index in [4.69, 9.17) is 14.6 Å². The summed E-state index contributed by atoms with van der Waals surface area (Å²) in [6, 6.07) is 6.40. The Hall–Kier alpha value is -1.85. The van der Waals surface area contributed by atoms with E-state index in [0.29, 0.717) is 5.56 Å². The van der Waals surface area contributed by atoms with Gasteiger partial charge in [-0.3, -0.25) is 0 Å². The molecule has 0 aliphatic heterocycles. The van der Waals surface area contributed by atoms with Crippen LogP contribution in [0.3, 0.4) is 0 Å². The number of benzene rings is 1. The van der Waals surface area contributed by atoms with Gasteiger partial charge in [-0.05, 0) is 6.07 Å². The summed E-state index contributed by atoms with van der Waals surface area (Å²) < 4.78 is 9.84. The van der Waals surface area contributed by atoms with Gasteiger partial charge in [0.25, 0.3) is 0 Å².